The summed E-state index contributed by atoms with van der Waals surface area (Å²) in [7, 11) is 0. The van der Waals surface area contributed by atoms with Gasteiger partial charge in [-0.15, -0.1) is 0 Å². The van der Waals surface area contributed by atoms with Crippen molar-refractivity contribution >= 4 is 5.91 Å². The summed E-state index contributed by atoms with van der Waals surface area (Å²) < 4.78 is 5.68. The zero-order chi connectivity index (χ0) is 8.84. The molecule has 0 N–H and O–H groups in total. The van der Waals surface area contributed by atoms with E-state index >= 15 is 0 Å². The number of morpholine rings is 1. The summed E-state index contributed by atoms with van der Waals surface area (Å²) in [5.74, 6) is 0.762. The van der Waals surface area contributed by atoms with Gasteiger partial charge in [-0.25, -0.2) is 0 Å². The number of carbonyl (C=O) groups is 1. The molecule has 2 aliphatic heterocycles. The largest absolute Gasteiger partial charge is 0.371 e. The number of amides is 1. The van der Waals surface area contributed by atoms with Crippen molar-refractivity contribution in [2.24, 2.45) is 5.92 Å². The van der Waals surface area contributed by atoms with E-state index in [0.29, 0.717) is 24.0 Å². The normalized spacial score (nSPS) is 38.0. The second kappa shape index (κ2) is 2.71. The van der Waals surface area contributed by atoms with E-state index in [9.17, 15) is 4.79 Å². The maximum atomic E-state index is 11.7. The molecule has 2 heterocycles. The van der Waals surface area contributed by atoms with E-state index in [1.165, 1.54) is 0 Å². The molecule has 1 aliphatic carbocycles. The van der Waals surface area contributed by atoms with Crippen LogP contribution in [0.1, 0.15) is 25.7 Å². The van der Waals surface area contributed by atoms with E-state index in [0.717, 1.165) is 38.8 Å². The van der Waals surface area contributed by atoms with Crippen molar-refractivity contribution < 1.29 is 9.53 Å². The Morgan fingerprint density at radius 1 is 1.08 bits per heavy atom. The highest BCUT2D eigenvalue weighted by Crippen LogP contribution is 2.34. The van der Waals surface area contributed by atoms with Gasteiger partial charge < -0.3 is 9.64 Å². The standard InChI is InChI=1S/C10H15NO2/c12-10(7-1-2-7)11-5-8-3-4-9(6-11)13-8/h7-9H,1-6H2. The molecule has 0 radical (unpaired) electrons. The fourth-order valence-corrected chi connectivity index (χ4v) is 2.38. The van der Waals surface area contributed by atoms with Gasteiger partial charge in [0.25, 0.3) is 0 Å². The van der Waals surface area contributed by atoms with Gasteiger partial charge in [0.1, 0.15) is 0 Å². The number of fused-ring (bicyclic) bond motifs is 2. The first kappa shape index (κ1) is 7.80. The average Bonchev–Trinajstić information content (AvgIpc) is 2.92. The van der Waals surface area contributed by atoms with Crippen molar-refractivity contribution in [1.82, 2.24) is 4.90 Å². The fourth-order valence-electron chi connectivity index (χ4n) is 2.38. The van der Waals surface area contributed by atoms with Crippen molar-refractivity contribution in [3.05, 3.63) is 0 Å². The summed E-state index contributed by atoms with van der Waals surface area (Å²) in [6.45, 7) is 1.71. The van der Waals surface area contributed by atoms with E-state index < -0.39 is 0 Å². The molecule has 0 aromatic rings. The lowest BCUT2D eigenvalue weighted by atomic mass is 10.2. The number of hydrogen-bond acceptors (Lipinski definition) is 2. The molecule has 0 aromatic carbocycles. The summed E-state index contributed by atoms with van der Waals surface area (Å²) in [5, 5.41) is 0. The SMILES string of the molecule is O=C(C1CC1)N1CC2CCC(C1)O2. The molecule has 3 aliphatic rings. The minimum Gasteiger partial charge on any atom is -0.371 e. The highest BCUT2D eigenvalue weighted by Gasteiger charge is 2.40. The first-order valence-electron chi connectivity index (χ1n) is 5.27. The summed E-state index contributed by atoms with van der Waals surface area (Å²) in [6.07, 6.45) is 5.23. The van der Waals surface area contributed by atoms with Crippen LogP contribution in [0.3, 0.4) is 0 Å². The lowest BCUT2D eigenvalue weighted by Gasteiger charge is -2.32. The number of carbonyl (C=O) groups excluding carboxylic acids is 1. The molecule has 1 saturated carbocycles. The van der Waals surface area contributed by atoms with Gasteiger partial charge in [0.05, 0.1) is 12.2 Å². The molecule has 2 unspecified atom stereocenters. The molecule has 1 amide bonds. The van der Waals surface area contributed by atoms with E-state index in [1.807, 2.05) is 4.90 Å². The lowest BCUT2D eigenvalue weighted by Crippen LogP contribution is -2.46. The predicted octanol–water partition coefficient (Wildman–Crippen LogP) is 0.786. The molecule has 3 heteroatoms. The minimum absolute atomic E-state index is 0.349. The topological polar surface area (TPSA) is 29.5 Å². The molecule has 3 nitrogen and oxygen atoms in total. The molecular formula is C10H15NO2. The number of hydrogen-bond donors (Lipinski definition) is 0. The third-order valence-corrected chi connectivity index (χ3v) is 3.28. The predicted molar refractivity (Wildman–Crippen MR) is 47.2 cm³/mol. The number of ether oxygens (including phenoxy) is 1. The molecular weight excluding hydrogens is 166 g/mol. The van der Waals surface area contributed by atoms with Crippen molar-refractivity contribution in [1.29, 1.82) is 0 Å². The van der Waals surface area contributed by atoms with Gasteiger partial charge in [0.15, 0.2) is 0 Å². The Kier molecular flexibility index (Phi) is 1.62. The van der Waals surface area contributed by atoms with E-state index in [1.54, 1.807) is 0 Å². The van der Waals surface area contributed by atoms with Gasteiger partial charge in [-0.3, -0.25) is 4.79 Å². The van der Waals surface area contributed by atoms with Crippen molar-refractivity contribution in [3.8, 4) is 0 Å². The summed E-state index contributed by atoms with van der Waals surface area (Å²) in [4.78, 5) is 13.8. The maximum Gasteiger partial charge on any atom is 0.225 e. The molecule has 3 rings (SSSR count). The molecule has 3 fully saturated rings. The van der Waals surface area contributed by atoms with Gasteiger partial charge in [0.2, 0.25) is 5.91 Å². The fraction of sp³-hybridized carbons (Fsp3) is 0.900. The quantitative estimate of drug-likeness (QED) is 0.598. The van der Waals surface area contributed by atoms with E-state index in [2.05, 4.69) is 0 Å². The summed E-state index contributed by atoms with van der Waals surface area (Å²) >= 11 is 0. The molecule has 0 aromatic heterocycles. The van der Waals surface area contributed by atoms with Crippen LogP contribution in [0.2, 0.25) is 0 Å². The van der Waals surface area contributed by atoms with E-state index in [-0.39, 0.29) is 0 Å². The molecule has 2 atom stereocenters. The molecule has 2 saturated heterocycles. The van der Waals surface area contributed by atoms with Crippen LogP contribution in [0.15, 0.2) is 0 Å². The third kappa shape index (κ3) is 1.35. The van der Waals surface area contributed by atoms with Crippen LogP contribution in [0.25, 0.3) is 0 Å². The Morgan fingerprint density at radius 2 is 1.69 bits per heavy atom. The van der Waals surface area contributed by atoms with Gasteiger partial charge in [-0.2, -0.15) is 0 Å². The first-order valence-corrected chi connectivity index (χ1v) is 5.27. The Bertz CT molecular complexity index is 225. The summed E-state index contributed by atoms with van der Waals surface area (Å²) in [6, 6.07) is 0. The monoisotopic (exact) mass is 181 g/mol. The zero-order valence-electron chi connectivity index (χ0n) is 7.74. The molecule has 13 heavy (non-hydrogen) atoms. The van der Waals surface area contributed by atoms with Crippen LogP contribution < -0.4 is 0 Å². The van der Waals surface area contributed by atoms with Crippen LogP contribution in [0.4, 0.5) is 0 Å². The van der Waals surface area contributed by atoms with Crippen molar-refractivity contribution in [2.45, 2.75) is 37.9 Å². The number of nitrogens with zero attached hydrogens (tertiary/aromatic N) is 1. The number of rotatable bonds is 1. The second-order valence-electron chi connectivity index (χ2n) is 4.47. The number of likely N-dealkylation sites (tertiary alicyclic amines) is 1. The van der Waals surface area contributed by atoms with Crippen LogP contribution >= 0.6 is 0 Å². The second-order valence-corrected chi connectivity index (χ2v) is 4.47. The van der Waals surface area contributed by atoms with Gasteiger partial charge in [-0.1, -0.05) is 0 Å². The Labute approximate surface area is 78.0 Å². The highest BCUT2D eigenvalue weighted by atomic mass is 16.5. The zero-order valence-corrected chi connectivity index (χ0v) is 7.74. The highest BCUT2D eigenvalue weighted by molar-refractivity contribution is 5.81. The Balaban J connectivity index is 1.68. The molecule has 0 spiro atoms. The smallest absolute Gasteiger partial charge is 0.225 e. The van der Waals surface area contributed by atoms with Crippen LogP contribution in [0, 0.1) is 5.92 Å². The van der Waals surface area contributed by atoms with E-state index in [4.69, 9.17) is 4.74 Å². The minimum atomic E-state index is 0.349. The lowest BCUT2D eigenvalue weighted by molar-refractivity contribution is -0.141. The van der Waals surface area contributed by atoms with Crippen LogP contribution in [0.5, 0.6) is 0 Å². The average molecular weight is 181 g/mol. The van der Waals surface area contributed by atoms with Gasteiger partial charge in [0, 0.05) is 19.0 Å². The Hall–Kier alpha value is -0.570. The summed E-state index contributed by atoms with van der Waals surface area (Å²) in [5.41, 5.74) is 0. The van der Waals surface area contributed by atoms with Crippen LogP contribution in [-0.2, 0) is 9.53 Å². The van der Waals surface area contributed by atoms with Crippen LogP contribution in [-0.4, -0.2) is 36.1 Å². The van der Waals surface area contributed by atoms with Crippen molar-refractivity contribution in [3.63, 3.8) is 0 Å². The van der Waals surface area contributed by atoms with Gasteiger partial charge in [-0.05, 0) is 25.7 Å². The first-order chi connectivity index (χ1) is 6.33. The van der Waals surface area contributed by atoms with Gasteiger partial charge >= 0.3 is 0 Å². The van der Waals surface area contributed by atoms with Crippen molar-refractivity contribution in [2.75, 3.05) is 13.1 Å². The molecule has 72 valence electrons. The maximum absolute atomic E-state index is 11.7. The molecule has 2 bridgehead atoms. The third-order valence-electron chi connectivity index (χ3n) is 3.28. The Morgan fingerprint density at radius 3 is 2.23 bits per heavy atom.